The standard InChI is InChI=1S/C11H10ClNO2/c1-13-7-3-5-8-4-2-6-9(12)10(8)11(14)15/h2,4,6,13H,7H2,1H3,(H,14,15). The SMILES string of the molecule is CNCC#Cc1cccc(Cl)c1C(=O)O. The Morgan fingerprint density at radius 3 is 2.93 bits per heavy atom. The fourth-order valence-electron chi connectivity index (χ4n) is 1.07. The molecule has 1 rings (SSSR count). The molecule has 0 fully saturated rings. The molecule has 1 aromatic carbocycles. The van der Waals surface area contributed by atoms with Crippen LogP contribution in [0.3, 0.4) is 0 Å². The van der Waals surface area contributed by atoms with Crippen molar-refractivity contribution in [3.05, 3.63) is 34.3 Å². The van der Waals surface area contributed by atoms with E-state index in [2.05, 4.69) is 17.2 Å². The van der Waals surface area contributed by atoms with Gasteiger partial charge in [0.05, 0.1) is 17.1 Å². The van der Waals surface area contributed by atoms with E-state index in [0.29, 0.717) is 12.1 Å². The maximum atomic E-state index is 10.9. The Bertz CT molecular complexity index is 432. The second kappa shape index (κ2) is 5.40. The minimum atomic E-state index is -1.06. The van der Waals surface area contributed by atoms with Gasteiger partial charge in [0, 0.05) is 5.56 Å². The van der Waals surface area contributed by atoms with E-state index in [1.165, 1.54) is 6.07 Å². The molecule has 3 nitrogen and oxygen atoms in total. The number of carbonyl (C=O) groups is 1. The fourth-order valence-corrected chi connectivity index (χ4v) is 1.33. The topological polar surface area (TPSA) is 49.3 Å². The number of hydrogen-bond donors (Lipinski definition) is 2. The first-order chi connectivity index (χ1) is 7.16. The van der Waals surface area contributed by atoms with Crippen LogP contribution in [0.1, 0.15) is 15.9 Å². The summed E-state index contributed by atoms with van der Waals surface area (Å²) in [5.41, 5.74) is 0.494. The largest absolute Gasteiger partial charge is 0.478 e. The highest BCUT2D eigenvalue weighted by Crippen LogP contribution is 2.19. The van der Waals surface area contributed by atoms with Crippen LogP contribution in [0.2, 0.25) is 5.02 Å². The number of aromatic carboxylic acids is 1. The highest BCUT2D eigenvalue weighted by Gasteiger charge is 2.12. The molecule has 0 bridgehead atoms. The van der Waals surface area contributed by atoms with Crippen LogP contribution in [0.5, 0.6) is 0 Å². The quantitative estimate of drug-likeness (QED) is 0.749. The van der Waals surface area contributed by atoms with Crippen molar-refractivity contribution in [1.29, 1.82) is 0 Å². The molecule has 0 amide bonds. The van der Waals surface area contributed by atoms with Gasteiger partial charge in [-0.05, 0) is 19.2 Å². The van der Waals surface area contributed by atoms with E-state index in [9.17, 15) is 4.79 Å². The number of benzene rings is 1. The van der Waals surface area contributed by atoms with Crippen LogP contribution >= 0.6 is 11.6 Å². The van der Waals surface area contributed by atoms with Crippen LogP contribution in [-0.2, 0) is 0 Å². The number of rotatable bonds is 2. The Morgan fingerprint density at radius 2 is 2.33 bits per heavy atom. The van der Waals surface area contributed by atoms with Gasteiger partial charge in [-0.2, -0.15) is 0 Å². The van der Waals surface area contributed by atoms with Gasteiger partial charge in [-0.1, -0.05) is 29.5 Å². The molecule has 0 unspecified atom stereocenters. The maximum Gasteiger partial charge on any atom is 0.338 e. The third-order valence-electron chi connectivity index (χ3n) is 1.72. The minimum absolute atomic E-state index is 0.0581. The minimum Gasteiger partial charge on any atom is -0.478 e. The van der Waals surface area contributed by atoms with Crippen LogP contribution in [0, 0.1) is 11.8 Å². The molecule has 0 atom stereocenters. The van der Waals surface area contributed by atoms with Crippen molar-refractivity contribution in [2.45, 2.75) is 0 Å². The van der Waals surface area contributed by atoms with Crippen LogP contribution in [0.15, 0.2) is 18.2 Å². The van der Waals surface area contributed by atoms with Crippen molar-refractivity contribution < 1.29 is 9.90 Å². The lowest BCUT2D eigenvalue weighted by Crippen LogP contribution is -2.05. The van der Waals surface area contributed by atoms with Crippen LogP contribution in [-0.4, -0.2) is 24.7 Å². The Balaban J connectivity index is 3.13. The number of hydrogen-bond acceptors (Lipinski definition) is 2. The average Bonchev–Trinajstić information content (AvgIpc) is 2.17. The predicted octanol–water partition coefficient (Wildman–Crippen LogP) is 1.61. The van der Waals surface area contributed by atoms with Gasteiger partial charge in [-0.15, -0.1) is 0 Å². The monoisotopic (exact) mass is 223 g/mol. The molecule has 0 saturated carbocycles. The lowest BCUT2D eigenvalue weighted by molar-refractivity contribution is 0.0697. The second-order valence-corrected chi connectivity index (χ2v) is 3.21. The summed E-state index contributed by atoms with van der Waals surface area (Å²) < 4.78 is 0. The highest BCUT2D eigenvalue weighted by molar-refractivity contribution is 6.33. The van der Waals surface area contributed by atoms with Gasteiger partial charge in [0.25, 0.3) is 0 Å². The van der Waals surface area contributed by atoms with Gasteiger partial charge in [0.2, 0.25) is 0 Å². The third kappa shape index (κ3) is 2.98. The van der Waals surface area contributed by atoms with E-state index in [-0.39, 0.29) is 10.6 Å². The van der Waals surface area contributed by atoms with Crippen LogP contribution in [0.25, 0.3) is 0 Å². The summed E-state index contributed by atoms with van der Waals surface area (Å²) in [7, 11) is 1.77. The van der Waals surface area contributed by atoms with Crippen molar-refractivity contribution in [3.63, 3.8) is 0 Å². The summed E-state index contributed by atoms with van der Waals surface area (Å²) in [5.74, 6) is 4.49. The van der Waals surface area contributed by atoms with Gasteiger partial charge >= 0.3 is 5.97 Å². The molecular weight excluding hydrogens is 214 g/mol. The lowest BCUT2D eigenvalue weighted by Gasteiger charge is -2.00. The van der Waals surface area contributed by atoms with E-state index >= 15 is 0 Å². The molecule has 78 valence electrons. The van der Waals surface area contributed by atoms with Gasteiger partial charge in [0.1, 0.15) is 0 Å². The van der Waals surface area contributed by atoms with Crippen molar-refractivity contribution >= 4 is 17.6 Å². The molecule has 0 saturated heterocycles. The van der Waals surface area contributed by atoms with Gasteiger partial charge < -0.3 is 10.4 Å². The molecule has 0 aliphatic carbocycles. The summed E-state index contributed by atoms with van der Waals surface area (Å²) in [6.45, 7) is 0.506. The van der Waals surface area contributed by atoms with Crippen molar-refractivity contribution in [2.75, 3.05) is 13.6 Å². The van der Waals surface area contributed by atoms with E-state index < -0.39 is 5.97 Å². The molecule has 4 heteroatoms. The average molecular weight is 224 g/mol. The molecule has 0 radical (unpaired) electrons. The van der Waals surface area contributed by atoms with Crippen LogP contribution < -0.4 is 5.32 Å². The number of carboxylic acid groups (broad SMARTS) is 1. The Kier molecular flexibility index (Phi) is 4.17. The molecule has 0 aromatic heterocycles. The molecule has 0 aliphatic heterocycles. The van der Waals surface area contributed by atoms with Crippen molar-refractivity contribution in [2.24, 2.45) is 0 Å². The van der Waals surface area contributed by atoms with Crippen LogP contribution in [0.4, 0.5) is 0 Å². The second-order valence-electron chi connectivity index (χ2n) is 2.80. The van der Waals surface area contributed by atoms with Gasteiger partial charge in [0.15, 0.2) is 0 Å². The Morgan fingerprint density at radius 1 is 1.60 bits per heavy atom. The molecule has 0 heterocycles. The van der Waals surface area contributed by atoms with E-state index in [4.69, 9.17) is 16.7 Å². The predicted molar refractivity (Wildman–Crippen MR) is 59.2 cm³/mol. The smallest absolute Gasteiger partial charge is 0.338 e. The fraction of sp³-hybridized carbons (Fsp3) is 0.182. The van der Waals surface area contributed by atoms with Gasteiger partial charge in [-0.25, -0.2) is 4.79 Å². The highest BCUT2D eigenvalue weighted by atomic mass is 35.5. The Hall–Kier alpha value is -1.50. The number of nitrogens with one attached hydrogen (secondary N) is 1. The van der Waals surface area contributed by atoms with E-state index in [1.807, 2.05) is 0 Å². The number of halogens is 1. The lowest BCUT2D eigenvalue weighted by atomic mass is 10.1. The zero-order valence-electron chi connectivity index (χ0n) is 8.17. The summed E-state index contributed by atoms with van der Waals surface area (Å²) in [6.07, 6.45) is 0. The summed E-state index contributed by atoms with van der Waals surface area (Å²) in [4.78, 5) is 10.9. The summed E-state index contributed by atoms with van der Waals surface area (Å²) >= 11 is 5.77. The summed E-state index contributed by atoms with van der Waals surface area (Å²) in [5, 5.41) is 12.0. The maximum absolute atomic E-state index is 10.9. The molecule has 0 spiro atoms. The zero-order valence-corrected chi connectivity index (χ0v) is 8.93. The normalized spacial score (nSPS) is 9.20. The van der Waals surface area contributed by atoms with Crippen molar-refractivity contribution in [3.8, 4) is 11.8 Å². The summed E-state index contributed by atoms with van der Waals surface area (Å²) in [6, 6.07) is 4.85. The van der Waals surface area contributed by atoms with Gasteiger partial charge in [-0.3, -0.25) is 0 Å². The molecule has 0 aliphatic rings. The van der Waals surface area contributed by atoms with E-state index in [1.54, 1.807) is 19.2 Å². The first-order valence-corrected chi connectivity index (χ1v) is 4.70. The molecule has 15 heavy (non-hydrogen) atoms. The first kappa shape index (κ1) is 11.6. The molecule has 2 N–H and O–H groups in total. The van der Waals surface area contributed by atoms with E-state index in [0.717, 1.165) is 0 Å². The third-order valence-corrected chi connectivity index (χ3v) is 2.03. The Labute approximate surface area is 93.1 Å². The molecular formula is C11H10ClNO2. The molecule has 1 aromatic rings. The number of carboxylic acids is 1. The first-order valence-electron chi connectivity index (χ1n) is 4.32. The zero-order chi connectivity index (χ0) is 11.3. The van der Waals surface area contributed by atoms with Crippen molar-refractivity contribution in [1.82, 2.24) is 5.32 Å².